The standard InChI is InChI=1S/C29H21NO6/c1-30-22-6-4-3-5-17(22)14-21(29(30)33)20-15-25(31)35-23-12-11-19-27(32)24(36-28(19)26(20)23)13-16-7-9-18(34-2)10-8-16/h3-14,20H,15H2,1-2H3/b24-13-/t20-/m1/s1. The number of esters is 1. The van der Waals surface area contributed by atoms with E-state index in [1.54, 1.807) is 49.1 Å². The second-order valence-electron chi connectivity index (χ2n) is 8.82. The lowest BCUT2D eigenvalue weighted by Crippen LogP contribution is -2.29. The number of aromatic nitrogens is 1. The monoisotopic (exact) mass is 479 g/mol. The van der Waals surface area contributed by atoms with E-state index in [-0.39, 0.29) is 23.5 Å². The van der Waals surface area contributed by atoms with Gasteiger partial charge in [-0.3, -0.25) is 14.4 Å². The molecule has 3 heterocycles. The van der Waals surface area contributed by atoms with Gasteiger partial charge in [0, 0.05) is 24.1 Å². The highest BCUT2D eigenvalue weighted by molar-refractivity contribution is 6.15. The van der Waals surface area contributed by atoms with Crippen molar-refractivity contribution >= 4 is 28.7 Å². The summed E-state index contributed by atoms with van der Waals surface area (Å²) in [7, 11) is 3.30. The van der Waals surface area contributed by atoms with Crippen molar-refractivity contribution in [3.63, 3.8) is 0 Å². The van der Waals surface area contributed by atoms with E-state index in [1.807, 2.05) is 42.5 Å². The molecule has 0 amide bonds. The molecule has 7 nitrogen and oxygen atoms in total. The summed E-state index contributed by atoms with van der Waals surface area (Å²) in [4.78, 5) is 39.2. The third-order valence-electron chi connectivity index (χ3n) is 6.73. The van der Waals surface area contributed by atoms with Crippen molar-refractivity contribution in [2.24, 2.45) is 7.05 Å². The molecule has 0 spiro atoms. The van der Waals surface area contributed by atoms with Gasteiger partial charge in [0.15, 0.2) is 5.76 Å². The Kier molecular flexibility index (Phi) is 5.00. The summed E-state index contributed by atoms with van der Waals surface area (Å²) < 4.78 is 18.4. The Morgan fingerprint density at radius 2 is 1.75 bits per heavy atom. The number of hydrogen-bond donors (Lipinski definition) is 0. The largest absolute Gasteiger partial charge is 0.497 e. The summed E-state index contributed by atoms with van der Waals surface area (Å²) in [6, 6.07) is 19.8. The van der Waals surface area contributed by atoms with Gasteiger partial charge in [0.25, 0.3) is 5.56 Å². The van der Waals surface area contributed by atoms with E-state index in [9.17, 15) is 14.4 Å². The Labute approximate surface area is 206 Å². The van der Waals surface area contributed by atoms with Crippen LogP contribution < -0.4 is 19.8 Å². The van der Waals surface area contributed by atoms with Crippen LogP contribution in [0.2, 0.25) is 0 Å². The zero-order valence-electron chi connectivity index (χ0n) is 19.6. The molecule has 0 N–H and O–H groups in total. The maximum Gasteiger partial charge on any atom is 0.312 e. The molecule has 36 heavy (non-hydrogen) atoms. The Morgan fingerprint density at radius 3 is 2.53 bits per heavy atom. The molecule has 1 aromatic heterocycles. The second kappa shape index (κ2) is 8.23. The van der Waals surface area contributed by atoms with Crippen molar-refractivity contribution in [2.75, 3.05) is 7.11 Å². The van der Waals surface area contributed by atoms with Gasteiger partial charge in [0.2, 0.25) is 5.78 Å². The molecule has 0 unspecified atom stereocenters. The highest BCUT2D eigenvalue weighted by Gasteiger charge is 2.39. The Hall–Kier alpha value is -4.65. The van der Waals surface area contributed by atoms with Crippen molar-refractivity contribution in [3.8, 4) is 17.2 Å². The molecule has 2 aliphatic heterocycles. The lowest BCUT2D eigenvalue weighted by atomic mass is 9.84. The fourth-order valence-electron chi connectivity index (χ4n) is 4.92. The molecule has 0 saturated carbocycles. The molecule has 4 aromatic rings. The minimum absolute atomic E-state index is 0.0356. The number of benzene rings is 3. The predicted molar refractivity (Wildman–Crippen MR) is 134 cm³/mol. The smallest absolute Gasteiger partial charge is 0.312 e. The number of carbonyl (C=O) groups excluding carboxylic acids is 2. The van der Waals surface area contributed by atoms with Crippen LogP contribution in [0.25, 0.3) is 17.0 Å². The number of Topliss-reactive ketones (excluding diaryl/α,β-unsaturated/α-hetero) is 1. The van der Waals surface area contributed by atoms with Crippen LogP contribution >= 0.6 is 0 Å². The van der Waals surface area contributed by atoms with E-state index < -0.39 is 11.9 Å². The van der Waals surface area contributed by atoms with Gasteiger partial charge >= 0.3 is 5.97 Å². The number of allylic oxidation sites excluding steroid dienone is 1. The molecule has 0 bridgehead atoms. The van der Waals surface area contributed by atoms with Crippen molar-refractivity contribution < 1.29 is 23.8 Å². The highest BCUT2D eigenvalue weighted by atomic mass is 16.5. The molecule has 3 aromatic carbocycles. The van der Waals surface area contributed by atoms with E-state index in [1.165, 1.54) is 0 Å². The predicted octanol–water partition coefficient (Wildman–Crippen LogP) is 4.60. The Morgan fingerprint density at radius 1 is 0.972 bits per heavy atom. The number of hydrogen-bond acceptors (Lipinski definition) is 6. The number of fused-ring (bicyclic) bond motifs is 4. The molecule has 0 aliphatic carbocycles. The first-order valence-electron chi connectivity index (χ1n) is 11.5. The third kappa shape index (κ3) is 3.40. The van der Waals surface area contributed by atoms with E-state index >= 15 is 0 Å². The van der Waals surface area contributed by atoms with Crippen LogP contribution in [0.5, 0.6) is 17.2 Å². The molecule has 0 radical (unpaired) electrons. The van der Waals surface area contributed by atoms with Crippen LogP contribution in [0, 0.1) is 0 Å². The fourth-order valence-corrected chi connectivity index (χ4v) is 4.92. The maximum absolute atomic E-state index is 13.4. The Balaban J connectivity index is 1.49. The van der Waals surface area contributed by atoms with Gasteiger partial charge < -0.3 is 18.8 Å². The normalized spacial score (nSPS) is 17.5. The maximum atomic E-state index is 13.4. The first-order chi connectivity index (χ1) is 17.4. The number of pyridine rings is 1. The van der Waals surface area contributed by atoms with Crippen molar-refractivity contribution in [1.82, 2.24) is 4.57 Å². The average molecular weight is 479 g/mol. The van der Waals surface area contributed by atoms with E-state index in [2.05, 4.69) is 0 Å². The quantitative estimate of drug-likeness (QED) is 0.243. The zero-order valence-corrected chi connectivity index (χ0v) is 19.6. The van der Waals surface area contributed by atoms with Crippen LogP contribution in [0.3, 0.4) is 0 Å². The highest BCUT2D eigenvalue weighted by Crippen LogP contribution is 2.48. The summed E-state index contributed by atoms with van der Waals surface area (Å²) in [5, 5.41) is 0.875. The molecule has 7 heteroatoms. The van der Waals surface area contributed by atoms with Crippen molar-refractivity contribution in [2.45, 2.75) is 12.3 Å². The molecule has 0 fully saturated rings. The molecule has 178 valence electrons. The first-order valence-corrected chi connectivity index (χ1v) is 11.5. The van der Waals surface area contributed by atoms with Crippen LogP contribution in [-0.4, -0.2) is 23.4 Å². The van der Waals surface area contributed by atoms with Gasteiger partial charge in [-0.25, -0.2) is 0 Å². The van der Waals surface area contributed by atoms with Gasteiger partial charge in [-0.2, -0.15) is 0 Å². The minimum Gasteiger partial charge on any atom is -0.497 e. The summed E-state index contributed by atoms with van der Waals surface area (Å²) in [5.41, 5.74) is 2.70. The minimum atomic E-state index is -0.618. The summed E-state index contributed by atoms with van der Waals surface area (Å²) in [5.74, 6) is 0.147. The van der Waals surface area contributed by atoms with Crippen LogP contribution in [0.1, 0.15) is 39.4 Å². The molecule has 0 saturated heterocycles. The number of aryl methyl sites for hydroxylation is 1. The van der Waals surface area contributed by atoms with Gasteiger partial charge in [0.1, 0.15) is 17.2 Å². The number of ketones is 1. The molecular weight excluding hydrogens is 458 g/mol. The molecule has 1 atom stereocenters. The van der Waals surface area contributed by atoms with Crippen molar-refractivity contribution in [1.29, 1.82) is 0 Å². The number of ether oxygens (including phenoxy) is 3. The molecular formula is C29H21NO6. The molecule has 2 aliphatic rings. The number of nitrogens with zero attached hydrogens (tertiary/aromatic N) is 1. The molecule has 6 rings (SSSR count). The topological polar surface area (TPSA) is 83.8 Å². The van der Waals surface area contributed by atoms with Gasteiger partial charge in [-0.15, -0.1) is 0 Å². The zero-order chi connectivity index (χ0) is 25.0. The number of carbonyl (C=O) groups is 2. The first kappa shape index (κ1) is 21.9. The second-order valence-corrected chi connectivity index (χ2v) is 8.82. The summed E-state index contributed by atoms with van der Waals surface area (Å²) in [6.07, 6.45) is 1.62. The SMILES string of the molecule is COc1ccc(/C=C2\Oc3c(ccc4c3[C@@H](c3cc5ccccc5n(C)c3=O)CC(=O)O4)C2=O)cc1. The Bertz CT molecular complexity index is 1660. The number of para-hydroxylation sites is 1. The van der Waals surface area contributed by atoms with Crippen LogP contribution in [-0.2, 0) is 11.8 Å². The van der Waals surface area contributed by atoms with E-state index in [4.69, 9.17) is 14.2 Å². The number of rotatable bonds is 3. The average Bonchev–Trinajstić information content (AvgIpc) is 3.21. The van der Waals surface area contributed by atoms with Crippen LogP contribution in [0.15, 0.2) is 77.3 Å². The number of methoxy groups -OCH3 is 1. The van der Waals surface area contributed by atoms with Gasteiger partial charge in [-0.05, 0) is 53.4 Å². The van der Waals surface area contributed by atoms with Crippen LogP contribution in [0.4, 0.5) is 0 Å². The fraction of sp³-hybridized carbons (Fsp3) is 0.138. The van der Waals surface area contributed by atoms with E-state index in [0.29, 0.717) is 33.9 Å². The lowest BCUT2D eigenvalue weighted by molar-refractivity contribution is -0.135. The van der Waals surface area contributed by atoms with Gasteiger partial charge in [-0.1, -0.05) is 30.3 Å². The lowest BCUT2D eigenvalue weighted by Gasteiger charge is -2.26. The summed E-state index contributed by atoms with van der Waals surface area (Å²) in [6.45, 7) is 0. The summed E-state index contributed by atoms with van der Waals surface area (Å²) >= 11 is 0. The third-order valence-corrected chi connectivity index (χ3v) is 6.73. The van der Waals surface area contributed by atoms with E-state index in [0.717, 1.165) is 16.5 Å². The van der Waals surface area contributed by atoms with Crippen molar-refractivity contribution in [3.05, 3.63) is 105 Å². The van der Waals surface area contributed by atoms with Gasteiger partial charge in [0.05, 0.1) is 24.6 Å².